The standard InChI is InChI=1S/C19H31ClN2OS/c1-4-6-9-16(5-2)14-23-13-8-12-21-19(24)22-18-11-7-10-17(20)15(18)3/h7,10-11,16H,4-6,8-9,12-14H2,1-3H3,(H2,21,22,24). The molecule has 0 saturated heterocycles. The van der Waals surface area contributed by atoms with Crippen LogP contribution in [0.4, 0.5) is 5.69 Å². The summed E-state index contributed by atoms with van der Waals surface area (Å²) in [6, 6.07) is 5.76. The zero-order chi connectivity index (χ0) is 17.8. The zero-order valence-electron chi connectivity index (χ0n) is 15.2. The van der Waals surface area contributed by atoms with Crippen LogP contribution in [-0.4, -0.2) is 24.9 Å². The smallest absolute Gasteiger partial charge is 0.170 e. The van der Waals surface area contributed by atoms with Crippen LogP contribution < -0.4 is 10.6 Å². The fraction of sp³-hybridized carbons (Fsp3) is 0.632. The average molecular weight is 371 g/mol. The molecule has 3 nitrogen and oxygen atoms in total. The maximum absolute atomic E-state index is 6.11. The number of halogens is 1. The van der Waals surface area contributed by atoms with E-state index in [-0.39, 0.29) is 0 Å². The molecule has 5 heteroatoms. The Bertz CT molecular complexity index is 496. The molecule has 0 fully saturated rings. The Hall–Kier alpha value is -0.840. The Kier molecular flexibility index (Phi) is 11.1. The summed E-state index contributed by atoms with van der Waals surface area (Å²) >= 11 is 11.4. The lowest BCUT2D eigenvalue weighted by molar-refractivity contribution is 0.0928. The van der Waals surface area contributed by atoms with E-state index in [4.69, 9.17) is 28.6 Å². The SMILES string of the molecule is CCCCC(CC)COCCCNC(=S)Nc1cccc(Cl)c1C. The van der Waals surface area contributed by atoms with Gasteiger partial charge in [-0.1, -0.05) is 50.8 Å². The van der Waals surface area contributed by atoms with Gasteiger partial charge in [0.15, 0.2) is 5.11 Å². The Labute approximate surface area is 157 Å². The predicted octanol–water partition coefficient (Wildman–Crippen LogP) is 5.56. The highest BCUT2D eigenvalue weighted by molar-refractivity contribution is 7.80. The number of unbranched alkanes of at least 4 members (excludes halogenated alkanes) is 1. The molecule has 0 aliphatic heterocycles. The van der Waals surface area contributed by atoms with Crippen molar-refractivity contribution in [3.63, 3.8) is 0 Å². The van der Waals surface area contributed by atoms with E-state index in [1.807, 2.05) is 25.1 Å². The fourth-order valence-corrected chi connectivity index (χ4v) is 2.82. The first-order valence-electron chi connectivity index (χ1n) is 8.96. The van der Waals surface area contributed by atoms with Crippen LogP contribution in [0.5, 0.6) is 0 Å². The number of hydrogen-bond acceptors (Lipinski definition) is 2. The van der Waals surface area contributed by atoms with E-state index < -0.39 is 0 Å². The molecule has 0 saturated carbocycles. The average Bonchev–Trinajstić information content (AvgIpc) is 2.57. The second kappa shape index (κ2) is 12.5. The molecule has 0 bridgehead atoms. The molecule has 136 valence electrons. The van der Waals surface area contributed by atoms with Gasteiger partial charge in [-0.2, -0.15) is 0 Å². The molecule has 0 aromatic heterocycles. The maximum Gasteiger partial charge on any atom is 0.170 e. The van der Waals surface area contributed by atoms with Crippen LogP contribution >= 0.6 is 23.8 Å². The summed E-state index contributed by atoms with van der Waals surface area (Å²) in [6.07, 6.45) is 5.98. The Morgan fingerprint density at radius 2 is 2.08 bits per heavy atom. The molecule has 0 spiro atoms. The van der Waals surface area contributed by atoms with Gasteiger partial charge in [-0.3, -0.25) is 0 Å². The van der Waals surface area contributed by atoms with Gasteiger partial charge in [-0.05, 0) is 55.6 Å². The molecule has 1 aromatic rings. The topological polar surface area (TPSA) is 33.3 Å². The number of hydrogen-bond donors (Lipinski definition) is 2. The van der Waals surface area contributed by atoms with Crippen molar-refractivity contribution in [2.24, 2.45) is 5.92 Å². The van der Waals surface area contributed by atoms with Gasteiger partial charge in [-0.25, -0.2) is 0 Å². The molecule has 0 aliphatic carbocycles. The van der Waals surface area contributed by atoms with Gasteiger partial charge in [-0.15, -0.1) is 0 Å². The van der Waals surface area contributed by atoms with Gasteiger partial charge in [0.05, 0.1) is 0 Å². The number of thiocarbonyl (C=S) groups is 1. The predicted molar refractivity (Wildman–Crippen MR) is 109 cm³/mol. The lowest BCUT2D eigenvalue weighted by Crippen LogP contribution is -2.30. The van der Waals surface area contributed by atoms with Crippen molar-refractivity contribution in [2.45, 2.75) is 52.9 Å². The third kappa shape index (κ3) is 8.32. The van der Waals surface area contributed by atoms with E-state index in [0.29, 0.717) is 11.0 Å². The largest absolute Gasteiger partial charge is 0.381 e. The second-order valence-corrected chi connectivity index (χ2v) is 6.95. The number of rotatable bonds is 11. The summed E-state index contributed by atoms with van der Waals surface area (Å²) in [7, 11) is 0. The highest BCUT2D eigenvalue weighted by atomic mass is 35.5. The summed E-state index contributed by atoms with van der Waals surface area (Å²) in [6.45, 7) is 8.91. The minimum absolute atomic E-state index is 0.620. The van der Waals surface area contributed by atoms with Crippen LogP contribution in [0.2, 0.25) is 5.02 Å². The number of nitrogens with one attached hydrogen (secondary N) is 2. The van der Waals surface area contributed by atoms with Crippen molar-refractivity contribution in [2.75, 3.05) is 25.1 Å². The summed E-state index contributed by atoms with van der Waals surface area (Å²) < 4.78 is 5.80. The summed E-state index contributed by atoms with van der Waals surface area (Å²) in [5.74, 6) is 0.700. The first kappa shape index (κ1) is 21.2. The third-order valence-electron chi connectivity index (χ3n) is 4.16. The van der Waals surface area contributed by atoms with E-state index in [0.717, 1.165) is 42.5 Å². The number of anilines is 1. The number of benzene rings is 1. The van der Waals surface area contributed by atoms with Crippen LogP contribution in [0.3, 0.4) is 0 Å². The van der Waals surface area contributed by atoms with Gasteiger partial charge < -0.3 is 15.4 Å². The highest BCUT2D eigenvalue weighted by Gasteiger charge is 2.06. The first-order valence-corrected chi connectivity index (χ1v) is 9.74. The molecule has 2 N–H and O–H groups in total. The van der Waals surface area contributed by atoms with Crippen LogP contribution in [-0.2, 0) is 4.74 Å². The molecule has 24 heavy (non-hydrogen) atoms. The molecule has 0 amide bonds. The van der Waals surface area contributed by atoms with E-state index in [1.54, 1.807) is 0 Å². The maximum atomic E-state index is 6.11. The van der Waals surface area contributed by atoms with Crippen LogP contribution in [0, 0.1) is 12.8 Å². The summed E-state index contributed by atoms with van der Waals surface area (Å²) in [4.78, 5) is 0. The van der Waals surface area contributed by atoms with Crippen molar-refractivity contribution < 1.29 is 4.74 Å². The monoisotopic (exact) mass is 370 g/mol. The molecule has 1 rings (SSSR count). The highest BCUT2D eigenvalue weighted by Crippen LogP contribution is 2.22. The third-order valence-corrected chi connectivity index (χ3v) is 4.82. The molecular formula is C19H31ClN2OS. The Morgan fingerprint density at radius 1 is 1.29 bits per heavy atom. The van der Waals surface area contributed by atoms with Gasteiger partial charge in [0.1, 0.15) is 0 Å². The molecule has 1 atom stereocenters. The molecule has 1 unspecified atom stereocenters. The van der Waals surface area contributed by atoms with Crippen LogP contribution in [0.15, 0.2) is 18.2 Å². The lowest BCUT2D eigenvalue weighted by atomic mass is 10.0. The molecule has 0 heterocycles. The van der Waals surface area contributed by atoms with E-state index in [1.165, 1.54) is 25.7 Å². The van der Waals surface area contributed by atoms with Crippen molar-refractivity contribution in [1.29, 1.82) is 0 Å². The van der Waals surface area contributed by atoms with E-state index in [9.17, 15) is 0 Å². The molecule has 0 aliphatic rings. The van der Waals surface area contributed by atoms with E-state index >= 15 is 0 Å². The van der Waals surface area contributed by atoms with Crippen LogP contribution in [0.25, 0.3) is 0 Å². The lowest BCUT2D eigenvalue weighted by Gasteiger charge is -2.15. The number of ether oxygens (including phenoxy) is 1. The Balaban J connectivity index is 2.14. The zero-order valence-corrected chi connectivity index (χ0v) is 16.7. The van der Waals surface area contributed by atoms with Crippen molar-refractivity contribution in [3.8, 4) is 0 Å². The molecule has 0 radical (unpaired) electrons. The van der Waals surface area contributed by atoms with E-state index in [2.05, 4.69) is 24.5 Å². The van der Waals surface area contributed by atoms with Crippen molar-refractivity contribution in [1.82, 2.24) is 5.32 Å². The second-order valence-electron chi connectivity index (χ2n) is 6.14. The van der Waals surface area contributed by atoms with Crippen molar-refractivity contribution in [3.05, 3.63) is 28.8 Å². The first-order chi connectivity index (χ1) is 11.6. The van der Waals surface area contributed by atoms with Crippen molar-refractivity contribution >= 4 is 34.6 Å². The normalized spacial score (nSPS) is 12.0. The Morgan fingerprint density at radius 3 is 2.79 bits per heavy atom. The summed E-state index contributed by atoms with van der Waals surface area (Å²) in [5, 5.41) is 7.76. The molecule has 1 aromatic carbocycles. The minimum atomic E-state index is 0.620. The van der Waals surface area contributed by atoms with Gasteiger partial charge >= 0.3 is 0 Å². The van der Waals surface area contributed by atoms with Gasteiger partial charge in [0.2, 0.25) is 0 Å². The minimum Gasteiger partial charge on any atom is -0.381 e. The fourth-order valence-electron chi connectivity index (χ4n) is 2.43. The quantitative estimate of drug-likeness (QED) is 0.394. The van der Waals surface area contributed by atoms with Crippen LogP contribution in [0.1, 0.15) is 51.5 Å². The van der Waals surface area contributed by atoms with Gasteiger partial charge in [0, 0.05) is 30.5 Å². The molecular weight excluding hydrogens is 340 g/mol. The van der Waals surface area contributed by atoms with Gasteiger partial charge in [0.25, 0.3) is 0 Å². The summed E-state index contributed by atoms with van der Waals surface area (Å²) in [5.41, 5.74) is 1.95.